The molecule has 1 rings (SSSR count). The summed E-state index contributed by atoms with van der Waals surface area (Å²) in [5.41, 5.74) is 6.77. The third-order valence-electron chi connectivity index (χ3n) is 2.82. The van der Waals surface area contributed by atoms with Crippen LogP contribution in [-0.4, -0.2) is 27.7 Å². The van der Waals surface area contributed by atoms with E-state index in [1.165, 1.54) is 6.33 Å². The Bertz CT molecular complexity index is 366. The predicted octanol–water partition coefficient (Wildman–Crippen LogP) is 1.61. The summed E-state index contributed by atoms with van der Waals surface area (Å²) in [5.74, 6) is 1.78. The molecule has 0 aromatic carbocycles. The van der Waals surface area contributed by atoms with E-state index in [0.29, 0.717) is 11.7 Å². The number of aliphatic hydroxyl groups is 1. The number of nitrogen functional groups attached to an aromatic ring is 1. The number of nitrogens with one attached hydrogen (secondary N) is 1. The molecule has 0 radical (unpaired) electrons. The fourth-order valence-corrected chi connectivity index (χ4v) is 1.69. The van der Waals surface area contributed by atoms with Crippen LogP contribution in [0, 0.1) is 5.92 Å². The van der Waals surface area contributed by atoms with E-state index in [0.717, 1.165) is 11.4 Å². The minimum atomic E-state index is -0.0261. The van der Waals surface area contributed by atoms with Crippen LogP contribution in [0.1, 0.15) is 39.2 Å². The summed E-state index contributed by atoms with van der Waals surface area (Å²) >= 11 is 0. The number of rotatable bonds is 5. The van der Waals surface area contributed by atoms with Gasteiger partial charge in [-0.2, -0.15) is 0 Å². The lowest BCUT2D eigenvalue weighted by Gasteiger charge is -2.23. The molecule has 0 spiro atoms. The minimum Gasteiger partial charge on any atom is -0.394 e. The molecular formula is C12H22N4O. The summed E-state index contributed by atoms with van der Waals surface area (Å²) in [7, 11) is 0. The summed E-state index contributed by atoms with van der Waals surface area (Å²) in [6.07, 6.45) is 1.44. The maximum Gasteiger partial charge on any atom is 0.135 e. The molecule has 96 valence electrons. The standard InChI is InChI=1S/C12H22N4O/c1-7(2)9(5-17)16-12-10(8(3)4)11(13)14-6-15-12/h6-9,17H,5H2,1-4H3,(H3,13,14,15,16)/t9-/m1/s1. The molecule has 0 saturated carbocycles. The fourth-order valence-electron chi connectivity index (χ4n) is 1.69. The molecule has 1 aromatic heterocycles. The van der Waals surface area contributed by atoms with Crippen molar-refractivity contribution in [3.8, 4) is 0 Å². The molecule has 1 heterocycles. The second-order valence-electron chi connectivity index (χ2n) is 4.85. The Labute approximate surface area is 102 Å². The summed E-state index contributed by atoms with van der Waals surface area (Å²) in [6, 6.07) is -0.0261. The molecule has 1 aromatic rings. The number of aliphatic hydroxyl groups excluding tert-OH is 1. The monoisotopic (exact) mass is 238 g/mol. The molecule has 0 bridgehead atoms. The van der Waals surface area contributed by atoms with Gasteiger partial charge < -0.3 is 16.2 Å². The van der Waals surface area contributed by atoms with Gasteiger partial charge in [0.1, 0.15) is 18.0 Å². The molecule has 17 heavy (non-hydrogen) atoms. The number of hydrogen-bond donors (Lipinski definition) is 3. The molecule has 0 fully saturated rings. The van der Waals surface area contributed by atoms with Gasteiger partial charge in [-0.25, -0.2) is 9.97 Å². The highest BCUT2D eigenvalue weighted by atomic mass is 16.3. The Kier molecular flexibility index (Phi) is 4.69. The van der Waals surface area contributed by atoms with Gasteiger partial charge in [0.2, 0.25) is 0 Å². The Morgan fingerprint density at radius 3 is 2.41 bits per heavy atom. The highest BCUT2D eigenvalue weighted by Crippen LogP contribution is 2.27. The lowest BCUT2D eigenvalue weighted by Crippen LogP contribution is -2.30. The van der Waals surface area contributed by atoms with Crippen LogP contribution in [0.4, 0.5) is 11.6 Å². The zero-order valence-corrected chi connectivity index (χ0v) is 10.9. The van der Waals surface area contributed by atoms with Crippen molar-refractivity contribution < 1.29 is 5.11 Å². The summed E-state index contributed by atoms with van der Waals surface area (Å²) in [4.78, 5) is 8.22. The van der Waals surface area contributed by atoms with Crippen molar-refractivity contribution in [2.24, 2.45) is 5.92 Å². The first-order chi connectivity index (χ1) is 7.97. The second-order valence-corrected chi connectivity index (χ2v) is 4.85. The van der Waals surface area contributed by atoms with Crippen molar-refractivity contribution in [2.45, 2.75) is 39.7 Å². The van der Waals surface area contributed by atoms with Crippen LogP contribution in [0.5, 0.6) is 0 Å². The van der Waals surface area contributed by atoms with Gasteiger partial charge in [-0.3, -0.25) is 0 Å². The van der Waals surface area contributed by atoms with Crippen LogP contribution in [-0.2, 0) is 0 Å². The van der Waals surface area contributed by atoms with Crippen molar-refractivity contribution >= 4 is 11.6 Å². The lowest BCUT2D eigenvalue weighted by atomic mass is 10.0. The first-order valence-corrected chi connectivity index (χ1v) is 5.95. The van der Waals surface area contributed by atoms with Gasteiger partial charge in [-0.1, -0.05) is 27.7 Å². The first-order valence-electron chi connectivity index (χ1n) is 5.95. The number of nitrogens with two attached hydrogens (primary N) is 1. The van der Waals surface area contributed by atoms with E-state index in [2.05, 4.69) is 15.3 Å². The highest BCUT2D eigenvalue weighted by molar-refractivity contribution is 5.57. The molecule has 0 aliphatic heterocycles. The van der Waals surface area contributed by atoms with Crippen LogP contribution < -0.4 is 11.1 Å². The number of hydrogen-bond acceptors (Lipinski definition) is 5. The van der Waals surface area contributed by atoms with Crippen LogP contribution in [0.3, 0.4) is 0 Å². The number of nitrogens with zero attached hydrogens (tertiary/aromatic N) is 2. The quantitative estimate of drug-likeness (QED) is 0.725. The molecular weight excluding hydrogens is 216 g/mol. The van der Waals surface area contributed by atoms with Crippen molar-refractivity contribution in [1.29, 1.82) is 0 Å². The zero-order chi connectivity index (χ0) is 13.0. The van der Waals surface area contributed by atoms with Crippen molar-refractivity contribution in [1.82, 2.24) is 9.97 Å². The van der Waals surface area contributed by atoms with Gasteiger partial charge in [0, 0.05) is 5.56 Å². The molecule has 4 N–H and O–H groups in total. The average Bonchev–Trinajstić information content (AvgIpc) is 2.24. The van der Waals surface area contributed by atoms with E-state index in [1.807, 2.05) is 27.7 Å². The van der Waals surface area contributed by atoms with Crippen LogP contribution >= 0.6 is 0 Å². The zero-order valence-electron chi connectivity index (χ0n) is 10.9. The van der Waals surface area contributed by atoms with E-state index in [4.69, 9.17) is 5.73 Å². The van der Waals surface area contributed by atoms with Gasteiger partial charge in [0.25, 0.3) is 0 Å². The van der Waals surface area contributed by atoms with E-state index < -0.39 is 0 Å². The molecule has 1 atom stereocenters. The Morgan fingerprint density at radius 1 is 1.29 bits per heavy atom. The van der Waals surface area contributed by atoms with E-state index >= 15 is 0 Å². The maximum atomic E-state index is 9.32. The third-order valence-corrected chi connectivity index (χ3v) is 2.82. The number of anilines is 2. The Balaban J connectivity index is 3.01. The lowest BCUT2D eigenvalue weighted by molar-refractivity contribution is 0.249. The fraction of sp³-hybridized carbons (Fsp3) is 0.667. The van der Waals surface area contributed by atoms with Gasteiger partial charge in [-0.15, -0.1) is 0 Å². The van der Waals surface area contributed by atoms with Crippen molar-refractivity contribution in [3.63, 3.8) is 0 Å². The normalized spacial score (nSPS) is 13.1. The molecule has 0 unspecified atom stereocenters. The molecule has 0 saturated heterocycles. The molecule has 5 heteroatoms. The predicted molar refractivity (Wildman–Crippen MR) is 69.9 cm³/mol. The van der Waals surface area contributed by atoms with Crippen LogP contribution in [0.2, 0.25) is 0 Å². The van der Waals surface area contributed by atoms with Crippen molar-refractivity contribution in [3.05, 3.63) is 11.9 Å². The van der Waals surface area contributed by atoms with Gasteiger partial charge in [-0.05, 0) is 11.8 Å². The maximum absolute atomic E-state index is 9.32. The SMILES string of the molecule is CC(C)c1c(N)ncnc1N[C@H](CO)C(C)C. The third kappa shape index (κ3) is 3.30. The van der Waals surface area contributed by atoms with Gasteiger partial charge in [0.15, 0.2) is 0 Å². The average molecular weight is 238 g/mol. The largest absolute Gasteiger partial charge is 0.394 e. The Morgan fingerprint density at radius 2 is 1.94 bits per heavy atom. The van der Waals surface area contributed by atoms with Gasteiger partial charge in [0.05, 0.1) is 12.6 Å². The van der Waals surface area contributed by atoms with Crippen molar-refractivity contribution in [2.75, 3.05) is 17.7 Å². The molecule has 0 aliphatic carbocycles. The smallest absolute Gasteiger partial charge is 0.135 e. The van der Waals surface area contributed by atoms with Gasteiger partial charge >= 0.3 is 0 Å². The highest BCUT2D eigenvalue weighted by Gasteiger charge is 2.18. The second kappa shape index (κ2) is 5.82. The Hall–Kier alpha value is -1.36. The van der Waals surface area contributed by atoms with Crippen LogP contribution in [0.25, 0.3) is 0 Å². The first kappa shape index (κ1) is 13.7. The minimum absolute atomic E-state index is 0.0261. The van der Waals surface area contributed by atoms with E-state index in [-0.39, 0.29) is 18.6 Å². The topological polar surface area (TPSA) is 84.1 Å². The van der Waals surface area contributed by atoms with E-state index in [1.54, 1.807) is 0 Å². The molecule has 0 aliphatic rings. The summed E-state index contributed by atoms with van der Waals surface area (Å²) in [5, 5.41) is 12.6. The molecule has 0 amide bonds. The summed E-state index contributed by atoms with van der Waals surface area (Å²) < 4.78 is 0. The number of aromatic nitrogens is 2. The molecule has 5 nitrogen and oxygen atoms in total. The van der Waals surface area contributed by atoms with Crippen LogP contribution in [0.15, 0.2) is 6.33 Å². The summed E-state index contributed by atoms with van der Waals surface area (Å²) in [6.45, 7) is 8.26. The van der Waals surface area contributed by atoms with E-state index in [9.17, 15) is 5.11 Å².